The topological polar surface area (TPSA) is 154 Å². The van der Waals surface area contributed by atoms with Gasteiger partial charge in [-0.3, -0.25) is 19.0 Å². The number of carbonyl (C=O) groups excluding carboxylic acids is 3. The van der Waals surface area contributed by atoms with E-state index in [0.717, 1.165) is 31.7 Å². The van der Waals surface area contributed by atoms with Crippen LogP contribution in [0.5, 0.6) is 0 Å². The van der Waals surface area contributed by atoms with Gasteiger partial charge in [0.1, 0.15) is 18.2 Å². The van der Waals surface area contributed by atoms with Crippen LogP contribution < -0.4 is 0 Å². The Morgan fingerprint density at radius 1 is 1.17 bits per heavy atom. The van der Waals surface area contributed by atoms with E-state index >= 15 is 0 Å². The number of esters is 1. The van der Waals surface area contributed by atoms with Crippen molar-refractivity contribution in [3.05, 3.63) is 16.8 Å². The maximum atomic E-state index is 12.5. The van der Waals surface area contributed by atoms with Crippen LogP contribution in [0.25, 0.3) is 11.2 Å². The predicted octanol–water partition coefficient (Wildman–Crippen LogP) is 0.234. The van der Waals surface area contributed by atoms with Gasteiger partial charge in [-0.2, -0.15) is 4.98 Å². The number of imidazole rings is 1. The highest BCUT2D eigenvalue weighted by Gasteiger charge is 2.72. The SMILES string of the molecule is CC(=O)OC[C@H]1O[C@@H](n2cnc3c(Cl)nc(Cl)nc32)[C@@](O)(C(C)=O)[C@@]1(O)C(C)=O. The van der Waals surface area contributed by atoms with Crippen LogP contribution in [-0.2, 0) is 23.9 Å². The zero-order chi connectivity index (χ0) is 21.7. The number of ether oxygens (including phenoxy) is 2. The molecule has 3 heterocycles. The molecule has 13 heteroatoms. The third-order valence-corrected chi connectivity index (χ3v) is 5.25. The molecule has 2 aromatic heterocycles. The van der Waals surface area contributed by atoms with Crippen molar-refractivity contribution in [3.8, 4) is 0 Å². The first-order chi connectivity index (χ1) is 13.4. The molecule has 0 bridgehead atoms. The van der Waals surface area contributed by atoms with Crippen LogP contribution in [0, 0.1) is 0 Å². The van der Waals surface area contributed by atoms with Crippen LogP contribution in [0.4, 0.5) is 0 Å². The number of halogens is 2. The zero-order valence-corrected chi connectivity index (χ0v) is 16.9. The molecule has 2 aromatic rings. The van der Waals surface area contributed by atoms with Crippen LogP contribution in [0.15, 0.2) is 6.33 Å². The average molecular weight is 447 g/mol. The second kappa shape index (κ2) is 7.26. The standard InChI is InChI=1S/C16H16Cl2N4O7/c1-6(23)15(26)9(4-28-8(3)25)29-13(16(15,27)7(2)24)22-5-19-10-11(17)20-14(18)21-12(10)22/h5,9,13,26-27H,4H2,1-3H3/t9-,13-,15-,16+/m1/s1. The van der Waals surface area contributed by atoms with Crippen LogP contribution in [0.3, 0.4) is 0 Å². The number of rotatable bonds is 5. The van der Waals surface area contributed by atoms with E-state index in [1.54, 1.807) is 0 Å². The van der Waals surface area contributed by atoms with Gasteiger partial charge in [0, 0.05) is 6.92 Å². The second-order valence-corrected chi connectivity index (χ2v) is 7.23. The van der Waals surface area contributed by atoms with Crippen LogP contribution in [0.1, 0.15) is 27.0 Å². The molecule has 4 atom stereocenters. The summed E-state index contributed by atoms with van der Waals surface area (Å²) in [7, 11) is 0. The Labute approximate surface area is 173 Å². The maximum absolute atomic E-state index is 12.5. The molecular weight excluding hydrogens is 431 g/mol. The summed E-state index contributed by atoms with van der Waals surface area (Å²) >= 11 is 11.8. The van der Waals surface area contributed by atoms with Crippen molar-refractivity contribution < 1.29 is 34.1 Å². The summed E-state index contributed by atoms with van der Waals surface area (Å²) in [5.74, 6) is -2.66. The van der Waals surface area contributed by atoms with Crippen molar-refractivity contribution >= 4 is 51.9 Å². The third kappa shape index (κ3) is 3.09. The lowest BCUT2D eigenvalue weighted by Crippen LogP contribution is -2.66. The van der Waals surface area contributed by atoms with Crippen LogP contribution >= 0.6 is 23.2 Å². The molecule has 0 aromatic carbocycles. The fourth-order valence-corrected chi connectivity index (χ4v) is 3.79. The van der Waals surface area contributed by atoms with Gasteiger partial charge >= 0.3 is 5.97 Å². The van der Waals surface area contributed by atoms with Crippen LogP contribution in [0.2, 0.25) is 10.4 Å². The molecule has 156 valence electrons. The second-order valence-electron chi connectivity index (χ2n) is 6.53. The predicted molar refractivity (Wildman–Crippen MR) is 97.1 cm³/mol. The van der Waals surface area contributed by atoms with Crippen molar-refractivity contribution in [3.63, 3.8) is 0 Å². The number of aromatic nitrogens is 4. The monoisotopic (exact) mass is 446 g/mol. The van der Waals surface area contributed by atoms with Crippen molar-refractivity contribution in [2.45, 2.75) is 44.3 Å². The Bertz CT molecular complexity index is 1030. The molecule has 11 nitrogen and oxygen atoms in total. The minimum Gasteiger partial charge on any atom is -0.463 e. The van der Waals surface area contributed by atoms with E-state index in [4.69, 9.17) is 32.7 Å². The van der Waals surface area contributed by atoms with E-state index < -0.39 is 47.7 Å². The Morgan fingerprint density at radius 2 is 1.79 bits per heavy atom. The van der Waals surface area contributed by atoms with E-state index in [1.165, 1.54) is 0 Å². The van der Waals surface area contributed by atoms with Gasteiger partial charge in [-0.25, -0.2) is 9.97 Å². The molecule has 1 aliphatic rings. The average Bonchev–Trinajstić information content (AvgIpc) is 3.12. The van der Waals surface area contributed by atoms with Gasteiger partial charge in [-0.15, -0.1) is 0 Å². The quantitative estimate of drug-likeness (QED) is 0.370. The summed E-state index contributed by atoms with van der Waals surface area (Å²) in [5, 5.41) is 22.1. The van der Waals surface area contributed by atoms with Crippen molar-refractivity contribution in [2.24, 2.45) is 0 Å². The Hall–Kier alpha value is -2.18. The van der Waals surface area contributed by atoms with Crippen molar-refractivity contribution in [2.75, 3.05) is 6.61 Å². The molecule has 1 aliphatic heterocycles. The fraction of sp³-hybridized carbons (Fsp3) is 0.500. The largest absolute Gasteiger partial charge is 0.463 e. The van der Waals surface area contributed by atoms with Gasteiger partial charge in [0.15, 0.2) is 34.2 Å². The molecular formula is C16H16Cl2N4O7. The lowest BCUT2D eigenvalue weighted by atomic mass is 9.75. The molecule has 0 radical (unpaired) electrons. The molecule has 0 spiro atoms. The summed E-state index contributed by atoms with van der Waals surface area (Å²) in [6, 6.07) is 0. The van der Waals surface area contributed by atoms with E-state index in [-0.39, 0.29) is 21.6 Å². The molecule has 0 amide bonds. The Kier molecular flexibility index (Phi) is 5.39. The van der Waals surface area contributed by atoms with Gasteiger partial charge in [0.2, 0.25) is 10.9 Å². The third-order valence-electron chi connectivity index (χ3n) is 4.81. The molecule has 3 rings (SSSR count). The Balaban J connectivity index is 2.22. The number of aliphatic hydroxyl groups is 2. The number of carbonyl (C=O) groups is 3. The number of hydrogen-bond acceptors (Lipinski definition) is 10. The van der Waals surface area contributed by atoms with Crippen molar-refractivity contribution in [1.82, 2.24) is 19.5 Å². The highest BCUT2D eigenvalue weighted by Crippen LogP contribution is 2.48. The fourth-order valence-electron chi connectivity index (χ4n) is 3.37. The summed E-state index contributed by atoms with van der Waals surface area (Å²) < 4.78 is 11.6. The van der Waals surface area contributed by atoms with Gasteiger partial charge in [0.05, 0.1) is 6.33 Å². The van der Waals surface area contributed by atoms with E-state index in [9.17, 15) is 24.6 Å². The number of fused-ring (bicyclic) bond motifs is 1. The minimum absolute atomic E-state index is 0.0151. The molecule has 0 saturated carbocycles. The Morgan fingerprint density at radius 3 is 2.34 bits per heavy atom. The molecule has 0 unspecified atom stereocenters. The lowest BCUT2D eigenvalue weighted by molar-refractivity contribution is -0.182. The first-order valence-corrected chi connectivity index (χ1v) is 9.01. The highest BCUT2D eigenvalue weighted by molar-refractivity contribution is 6.35. The summed E-state index contributed by atoms with van der Waals surface area (Å²) in [6.45, 7) is 2.47. The summed E-state index contributed by atoms with van der Waals surface area (Å²) in [4.78, 5) is 47.8. The van der Waals surface area contributed by atoms with E-state index in [2.05, 4.69) is 15.0 Å². The number of ketones is 2. The zero-order valence-electron chi connectivity index (χ0n) is 15.4. The number of Topliss-reactive ketones (excluding diaryl/α,β-unsaturated/α-hetero) is 2. The molecule has 2 N–H and O–H groups in total. The molecule has 1 saturated heterocycles. The van der Waals surface area contributed by atoms with Gasteiger partial charge in [-0.05, 0) is 25.4 Å². The maximum Gasteiger partial charge on any atom is 0.302 e. The molecule has 29 heavy (non-hydrogen) atoms. The molecule has 1 fully saturated rings. The number of hydrogen-bond donors (Lipinski definition) is 2. The van der Waals surface area contributed by atoms with E-state index in [0.29, 0.717) is 0 Å². The lowest BCUT2D eigenvalue weighted by Gasteiger charge is -2.37. The van der Waals surface area contributed by atoms with E-state index in [1.807, 2.05) is 0 Å². The van der Waals surface area contributed by atoms with Gasteiger partial charge < -0.3 is 19.7 Å². The van der Waals surface area contributed by atoms with Gasteiger partial charge in [0.25, 0.3) is 0 Å². The first kappa shape index (κ1) is 21.5. The summed E-state index contributed by atoms with van der Waals surface area (Å²) in [6.07, 6.45) is -2.09. The normalized spacial score (nSPS) is 29.2. The van der Waals surface area contributed by atoms with Crippen LogP contribution in [-0.4, -0.2) is 71.2 Å². The van der Waals surface area contributed by atoms with Crippen molar-refractivity contribution in [1.29, 1.82) is 0 Å². The summed E-state index contributed by atoms with van der Waals surface area (Å²) in [5.41, 5.74) is -5.42. The first-order valence-electron chi connectivity index (χ1n) is 8.25. The highest BCUT2D eigenvalue weighted by atomic mass is 35.5. The van der Waals surface area contributed by atoms with Gasteiger partial charge in [-0.1, -0.05) is 11.6 Å². The number of nitrogens with zero attached hydrogens (tertiary/aromatic N) is 4. The smallest absolute Gasteiger partial charge is 0.302 e. The molecule has 0 aliphatic carbocycles. The minimum atomic E-state index is -2.76.